The van der Waals surface area contributed by atoms with E-state index in [2.05, 4.69) is 5.43 Å². The van der Waals surface area contributed by atoms with Gasteiger partial charge in [-0.05, 0) is 12.5 Å². The fourth-order valence-corrected chi connectivity index (χ4v) is 1.08. The molecule has 0 aliphatic rings. The van der Waals surface area contributed by atoms with Gasteiger partial charge in [-0.1, -0.05) is 12.1 Å². The number of nitrogens with zero attached hydrogens (tertiary/aromatic N) is 1. The maximum Gasteiger partial charge on any atom is 0.272 e. The number of benzene rings is 1. The molecule has 0 heterocycles. The van der Waals surface area contributed by atoms with E-state index in [-0.39, 0.29) is 5.69 Å². The molecule has 0 bridgehead atoms. The smallest absolute Gasteiger partial charge is 0.271 e. The van der Waals surface area contributed by atoms with Crippen LogP contribution in [0.3, 0.4) is 0 Å². The molecule has 0 aromatic heterocycles. The minimum Gasteiger partial charge on any atom is -0.271 e. The molecule has 0 aliphatic heterocycles. The normalized spacial score (nSPS) is 10.0. The highest BCUT2D eigenvalue weighted by atomic mass is 16.6. The highest BCUT2D eigenvalue weighted by Gasteiger charge is 2.09. The third-order valence-corrected chi connectivity index (χ3v) is 1.78. The first-order valence-corrected chi connectivity index (χ1v) is 3.82. The van der Waals surface area contributed by atoms with Gasteiger partial charge in [0.2, 0.25) is 0 Å². The Bertz CT molecular complexity index is 325. The number of nitro groups is 1. The molecule has 0 radical (unpaired) electrons. The van der Waals surface area contributed by atoms with E-state index in [0.29, 0.717) is 12.1 Å². The average molecular weight is 181 g/mol. The van der Waals surface area contributed by atoms with Gasteiger partial charge in [-0.15, -0.1) is 0 Å². The highest BCUT2D eigenvalue weighted by Crippen LogP contribution is 2.18. The van der Waals surface area contributed by atoms with Crippen LogP contribution >= 0.6 is 0 Å². The van der Waals surface area contributed by atoms with Crippen LogP contribution in [0.25, 0.3) is 0 Å². The molecule has 0 spiro atoms. The summed E-state index contributed by atoms with van der Waals surface area (Å²) in [5.41, 5.74) is 4.04. The third-order valence-electron chi connectivity index (χ3n) is 1.78. The monoisotopic (exact) mass is 181 g/mol. The summed E-state index contributed by atoms with van der Waals surface area (Å²) in [6, 6.07) is 5.04. The van der Waals surface area contributed by atoms with Gasteiger partial charge in [0.25, 0.3) is 5.69 Å². The lowest BCUT2D eigenvalue weighted by Gasteiger charge is -2.01. The molecule has 1 aromatic rings. The summed E-state index contributed by atoms with van der Waals surface area (Å²) in [6.45, 7) is 2.14. The van der Waals surface area contributed by atoms with E-state index in [1.165, 1.54) is 6.07 Å². The topological polar surface area (TPSA) is 81.2 Å². The van der Waals surface area contributed by atoms with Crippen molar-refractivity contribution < 1.29 is 4.92 Å². The predicted octanol–water partition coefficient (Wildman–Crippen LogP) is 0.867. The Morgan fingerprint density at radius 2 is 2.31 bits per heavy atom. The summed E-state index contributed by atoms with van der Waals surface area (Å²) < 4.78 is 0. The lowest BCUT2D eigenvalue weighted by atomic mass is 10.1. The molecule has 3 N–H and O–H groups in total. The zero-order valence-electron chi connectivity index (χ0n) is 7.28. The lowest BCUT2D eigenvalue weighted by Crippen LogP contribution is -2.20. The van der Waals surface area contributed by atoms with Crippen molar-refractivity contribution in [3.05, 3.63) is 39.4 Å². The van der Waals surface area contributed by atoms with E-state index < -0.39 is 4.92 Å². The van der Waals surface area contributed by atoms with Gasteiger partial charge in [0, 0.05) is 18.2 Å². The number of rotatable bonds is 3. The number of hydrogen-bond donors (Lipinski definition) is 2. The summed E-state index contributed by atoms with van der Waals surface area (Å²) in [5.74, 6) is 5.10. The number of hydrogen-bond acceptors (Lipinski definition) is 4. The highest BCUT2D eigenvalue weighted by molar-refractivity contribution is 5.42. The Balaban J connectivity index is 3.04. The second kappa shape index (κ2) is 3.97. The van der Waals surface area contributed by atoms with Crippen LogP contribution in [-0.2, 0) is 6.54 Å². The number of nitrogens with two attached hydrogens (primary N) is 1. The zero-order valence-corrected chi connectivity index (χ0v) is 7.28. The molecular weight excluding hydrogens is 170 g/mol. The second-order valence-electron chi connectivity index (χ2n) is 2.76. The van der Waals surface area contributed by atoms with Gasteiger partial charge < -0.3 is 0 Å². The lowest BCUT2D eigenvalue weighted by molar-refractivity contribution is -0.385. The SMILES string of the molecule is Cc1ccc(CNN)cc1[N+](=O)[O-]. The largest absolute Gasteiger partial charge is 0.272 e. The second-order valence-corrected chi connectivity index (χ2v) is 2.76. The predicted molar refractivity (Wildman–Crippen MR) is 48.9 cm³/mol. The van der Waals surface area contributed by atoms with Crippen molar-refractivity contribution >= 4 is 5.69 Å². The number of aryl methyl sites for hydroxylation is 1. The Morgan fingerprint density at radius 1 is 1.62 bits per heavy atom. The summed E-state index contributed by atoms with van der Waals surface area (Å²) in [4.78, 5) is 10.1. The molecule has 13 heavy (non-hydrogen) atoms. The Kier molecular flexibility index (Phi) is 2.94. The van der Waals surface area contributed by atoms with Crippen molar-refractivity contribution in [2.24, 2.45) is 5.84 Å². The summed E-state index contributed by atoms with van der Waals surface area (Å²) >= 11 is 0. The first kappa shape index (κ1) is 9.63. The molecule has 1 aromatic carbocycles. The molecule has 0 aliphatic carbocycles. The molecule has 5 nitrogen and oxygen atoms in total. The van der Waals surface area contributed by atoms with Crippen LogP contribution in [0.15, 0.2) is 18.2 Å². The zero-order chi connectivity index (χ0) is 9.84. The fraction of sp³-hybridized carbons (Fsp3) is 0.250. The molecule has 0 saturated heterocycles. The minimum absolute atomic E-state index is 0.132. The molecule has 0 fully saturated rings. The Morgan fingerprint density at radius 3 is 2.85 bits per heavy atom. The Hall–Kier alpha value is -1.46. The number of nitrogens with one attached hydrogen (secondary N) is 1. The van der Waals surface area contributed by atoms with Crippen molar-refractivity contribution in [2.75, 3.05) is 0 Å². The van der Waals surface area contributed by atoms with Gasteiger partial charge in [-0.3, -0.25) is 21.4 Å². The number of hydrazine groups is 1. The van der Waals surface area contributed by atoms with E-state index in [0.717, 1.165) is 5.56 Å². The molecule has 0 amide bonds. The average Bonchev–Trinajstić information content (AvgIpc) is 2.08. The van der Waals surface area contributed by atoms with Crippen LogP contribution in [-0.4, -0.2) is 4.92 Å². The van der Waals surface area contributed by atoms with E-state index in [9.17, 15) is 10.1 Å². The van der Waals surface area contributed by atoms with Crippen molar-refractivity contribution in [3.8, 4) is 0 Å². The van der Waals surface area contributed by atoms with Gasteiger partial charge in [0.15, 0.2) is 0 Å². The van der Waals surface area contributed by atoms with Crippen molar-refractivity contribution in [2.45, 2.75) is 13.5 Å². The first-order chi connectivity index (χ1) is 6.15. The summed E-state index contributed by atoms with van der Waals surface area (Å²) in [5, 5.41) is 10.5. The minimum atomic E-state index is -0.394. The van der Waals surface area contributed by atoms with Gasteiger partial charge in [0.05, 0.1) is 4.92 Å². The molecular formula is C8H11N3O2. The quantitative estimate of drug-likeness (QED) is 0.412. The van der Waals surface area contributed by atoms with Crippen molar-refractivity contribution in [1.82, 2.24) is 5.43 Å². The van der Waals surface area contributed by atoms with Crippen LogP contribution < -0.4 is 11.3 Å². The van der Waals surface area contributed by atoms with Gasteiger partial charge in [-0.2, -0.15) is 0 Å². The molecule has 1 rings (SSSR count). The van der Waals surface area contributed by atoms with Crippen LogP contribution in [0, 0.1) is 17.0 Å². The van der Waals surface area contributed by atoms with Crippen LogP contribution in [0.2, 0.25) is 0 Å². The van der Waals surface area contributed by atoms with Gasteiger partial charge in [0.1, 0.15) is 0 Å². The maximum absolute atomic E-state index is 10.5. The van der Waals surface area contributed by atoms with Crippen LogP contribution in [0.5, 0.6) is 0 Å². The van der Waals surface area contributed by atoms with Crippen molar-refractivity contribution in [1.29, 1.82) is 0 Å². The van der Waals surface area contributed by atoms with Crippen LogP contribution in [0.4, 0.5) is 5.69 Å². The van der Waals surface area contributed by atoms with Crippen molar-refractivity contribution in [3.63, 3.8) is 0 Å². The summed E-state index contributed by atoms with van der Waals surface area (Å²) in [6.07, 6.45) is 0. The first-order valence-electron chi connectivity index (χ1n) is 3.82. The van der Waals surface area contributed by atoms with Crippen LogP contribution in [0.1, 0.15) is 11.1 Å². The van der Waals surface area contributed by atoms with E-state index in [4.69, 9.17) is 5.84 Å². The van der Waals surface area contributed by atoms with Gasteiger partial charge >= 0.3 is 0 Å². The fourth-order valence-electron chi connectivity index (χ4n) is 1.08. The maximum atomic E-state index is 10.5. The van der Waals surface area contributed by atoms with E-state index in [1.807, 2.05) is 6.07 Å². The molecule has 0 unspecified atom stereocenters. The molecule has 70 valence electrons. The molecule has 0 saturated carbocycles. The standard InChI is InChI=1S/C8H11N3O2/c1-6-2-3-7(5-10-9)4-8(6)11(12)13/h2-4,10H,5,9H2,1H3. The van der Waals surface area contributed by atoms with Gasteiger partial charge in [-0.25, -0.2) is 0 Å². The summed E-state index contributed by atoms with van der Waals surface area (Å²) in [7, 11) is 0. The van der Waals surface area contributed by atoms with E-state index >= 15 is 0 Å². The molecule has 0 atom stereocenters. The third kappa shape index (κ3) is 2.24. The molecule has 5 heteroatoms. The Labute approximate surface area is 75.7 Å². The van der Waals surface area contributed by atoms with E-state index in [1.54, 1.807) is 13.0 Å². The number of nitro benzene ring substituents is 1.